The van der Waals surface area contributed by atoms with Crippen molar-refractivity contribution in [1.29, 1.82) is 0 Å². The first-order valence-electron chi connectivity index (χ1n) is 9.47. The van der Waals surface area contributed by atoms with Crippen molar-refractivity contribution in [2.24, 2.45) is 17.8 Å². The number of likely N-dealkylation sites (tertiary alicyclic amines) is 2. The number of allylic oxidation sites excluding steroid dienone is 2. The van der Waals surface area contributed by atoms with Crippen molar-refractivity contribution < 1.29 is 23.9 Å². The Kier molecular flexibility index (Phi) is 5.74. The number of rotatable bonds is 5. The Morgan fingerprint density at radius 2 is 1.65 bits per heavy atom. The molecule has 2 atom stereocenters. The van der Waals surface area contributed by atoms with Crippen LogP contribution in [0, 0.1) is 17.8 Å². The van der Waals surface area contributed by atoms with Crippen LogP contribution in [-0.4, -0.2) is 59.7 Å². The SMILES string of the molecule is CCOC(=O)C1CCN(C(=O)CCN2C(=O)[C@H]3CC=CC[C@H]3C2=O)CC1. The van der Waals surface area contributed by atoms with Gasteiger partial charge in [0.1, 0.15) is 0 Å². The molecule has 0 bridgehead atoms. The first-order chi connectivity index (χ1) is 12.5. The number of piperidine rings is 1. The minimum absolute atomic E-state index is 0.0686. The molecule has 0 aromatic rings. The number of amides is 3. The quantitative estimate of drug-likeness (QED) is 0.416. The molecule has 2 fully saturated rings. The minimum atomic E-state index is -0.247. The van der Waals surface area contributed by atoms with Crippen LogP contribution in [0.25, 0.3) is 0 Å². The molecule has 1 aliphatic carbocycles. The van der Waals surface area contributed by atoms with Crippen LogP contribution in [0.5, 0.6) is 0 Å². The summed E-state index contributed by atoms with van der Waals surface area (Å²) in [4.78, 5) is 52.0. The number of imide groups is 1. The van der Waals surface area contributed by atoms with Crippen molar-refractivity contribution in [3.05, 3.63) is 12.2 Å². The molecule has 0 aromatic heterocycles. The summed E-state index contributed by atoms with van der Waals surface area (Å²) in [6.07, 6.45) is 6.48. The van der Waals surface area contributed by atoms with Gasteiger partial charge in [-0.15, -0.1) is 0 Å². The molecule has 2 saturated heterocycles. The Bertz CT molecular complexity index is 595. The van der Waals surface area contributed by atoms with E-state index < -0.39 is 0 Å². The van der Waals surface area contributed by atoms with Crippen LogP contribution in [0.4, 0.5) is 0 Å². The number of carbonyl (C=O) groups excluding carboxylic acids is 4. The van der Waals surface area contributed by atoms with Gasteiger partial charge >= 0.3 is 5.97 Å². The molecule has 7 nitrogen and oxygen atoms in total. The standard InChI is InChI=1S/C19H26N2O5/c1-2-26-19(25)13-7-10-20(11-8-13)16(22)9-12-21-17(23)14-5-3-4-6-15(14)18(21)24/h3-4,13-15H,2,5-12H2,1H3/t14-,15+. The molecule has 26 heavy (non-hydrogen) atoms. The molecule has 2 aliphatic heterocycles. The number of fused-ring (bicyclic) bond motifs is 1. The molecule has 0 unspecified atom stereocenters. The lowest BCUT2D eigenvalue weighted by Crippen LogP contribution is -2.42. The average Bonchev–Trinajstić information content (AvgIpc) is 2.91. The molecule has 0 radical (unpaired) electrons. The number of nitrogens with zero attached hydrogens (tertiary/aromatic N) is 2. The predicted molar refractivity (Wildman–Crippen MR) is 92.6 cm³/mol. The van der Waals surface area contributed by atoms with Crippen molar-refractivity contribution >= 4 is 23.7 Å². The van der Waals surface area contributed by atoms with Crippen molar-refractivity contribution in [3.8, 4) is 0 Å². The first kappa shape index (κ1) is 18.6. The number of hydrogen-bond acceptors (Lipinski definition) is 5. The highest BCUT2D eigenvalue weighted by Gasteiger charge is 2.47. The molecule has 0 spiro atoms. The molecule has 142 valence electrons. The monoisotopic (exact) mass is 362 g/mol. The van der Waals surface area contributed by atoms with Crippen molar-refractivity contribution in [2.45, 2.75) is 39.0 Å². The number of esters is 1. The van der Waals surface area contributed by atoms with E-state index in [1.54, 1.807) is 11.8 Å². The van der Waals surface area contributed by atoms with Gasteiger partial charge in [-0.2, -0.15) is 0 Å². The van der Waals surface area contributed by atoms with Crippen LogP contribution >= 0.6 is 0 Å². The number of hydrogen-bond donors (Lipinski definition) is 0. The molecule has 7 heteroatoms. The molecule has 0 saturated carbocycles. The Labute approximate surface area is 153 Å². The average molecular weight is 362 g/mol. The highest BCUT2D eigenvalue weighted by Crippen LogP contribution is 2.35. The fourth-order valence-corrected chi connectivity index (χ4v) is 4.08. The molecule has 3 rings (SSSR count). The normalized spacial score (nSPS) is 26.2. The second-order valence-electron chi connectivity index (χ2n) is 7.14. The van der Waals surface area contributed by atoms with E-state index >= 15 is 0 Å². The molecule has 0 aromatic carbocycles. The fraction of sp³-hybridized carbons (Fsp3) is 0.684. The zero-order valence-corrected chi connectivity index (χ0v) is 15.2. The molecule has 0 N–H and O–H groups in total. The molecular formula is C19H26N2O5. The summed E-state index contributed by atoms with van der Waals surface area (Å²) < 4.78 is 5.03. The highest BCUT2D eigenvalue weighted by molar-refractivity contribution is 6.05. The van der Waals surface area contributed by atoms with E-state index in [1.807, 2.05) is 12.2 Å². The van der Waals surface area contributed by atoms with Gasteiger partial charge in [0, 0.05) is 26.1 Å². The third-order valence-electron chi connectivity index (χ3n) is 5.62. The van der Waals surface area contributed by atoms with Gasteiger partial charge in [-0.25, -0.2) is 0 Å². The van der Waals surface area contributed by atoms with E-state index in [4.69, 9.17) is 4.74 Å². The Morgan fingerprint density at radius 3 is 2.19 bits per heavy atom. The van der Waals surface area contributed by atoms with Gasteiger partial charge in [0.2, 0.25) is 17.7 Å². The maximum Gasteiger partial charge on any atom is 0.309 e. The summed E-state index contributed by atoms with van der Waals surface area (Å²) in [6, 6.07) is 0. The molecule has 3 aliphatic rings. The lowest BCUT2D eigenvalue weighted by Gasteiger charge is -2.31. The summed E-state index contributed by atoms with van der Waals surface area (Å²) in [7, 11) is 0. The van der Waals surface area contributed by atoms with Crippen LogP contribution in [0.1, 0.15) is 39.0 Å². The van der Waals surface area contributed by atoms with Crippen LogP contribution in [0.3, 0.4) is 0 Å². The van der Waals surface area contributed by atoms with E-state index in [0.29, 0.717) is 45.4 Å². The van der Waals surface area contributed by atoms with E-state index in [-0.39, 0.29) is 54.4 Å². The third-order valence-corrected chi connectivity index (χ3v) is 5.62. The first-order valence-corrected chi connectivity index (χ1v) is 9.47. The van der Waals surface area contributed by atoms with Gasteiger partial charge in [-0.05, 0) is 32.6 Å². The molecule has 3 amide bonds. The Hall–Kier alpha value is -2.18. The van der Waals surface area contributed by atoms with Gasteiger partial charge in [-0.1, -0.05) is 12.2 Å². The topological polar surface area (TPSA) is 84.0 Å². The zero-order chi connectivity index (χ0) is 18.7. The lowest BCUT2D eigenvalue weighted by molar-refractivity contribution is -0.151. The van der Waals surface area contributed by atoms with E-state index in [2.05, 4.69) is 0 Å². The van der Waals surface area contributed by atoms with Crippen LogP contribution < -0.4 is 0 Å². The molecular weight excluding hydrogens is 336 g/mol. The smallest absolute Gasteiger partial charge is 0.309 e. The zero-order valence-electron chi connectivity index (χ0n) is 15.2. The predicted octanol–water partition coefficient (Wildman–Crippen LogP) is 1.13. The summed E-state index contributed by atoms with van der Waals surface area (Å²) in [5.41, 5.74) is 0. The van der Waals surface area contributed by atoms with Gasteiger partial charge in [0.05, 0.1) is 24.4 Å². The van der Waals surface area contributed by atoms with Crippen LogP contribution in [-0.2, 0) is 23.9 Å². The van der Waals surface area contributed by atoms with Crippen molar-refractivity contribution in [2.75, 3.05) is 26.2 Å². The maximum atomic E-state index is 12.4. The van der Waals surface area contributed by atoms with E-state index in [0.717, 1.165) is 0 Å². The van der Waals surface area contributed by atoms with E-state index in [9.17, 15) is 19.2 Å². The summed E-state index contributed by atoms with van der Waals surface area (Å²) >= 11 is 0. The minimum Gasteiger partial charge on any atom is -0.466 e. The number of carbonyl (C=O) groups is 4. The van der Waals surface area contributed by atoms with Crippen molar-refractivity contribution in [1.82, 2.24) is 9.80 Å². The lowest BCUT2D eigenvalue weighted by atomic mass is 9.85. The Balaban J connectivity index is 1.47. The third kappa shape index (κ3) is 3.66. The largest absolute Gasteiger partial charge is 0.466 e. The summed E-state index contributed by atoms with van der Waals surface area (Å²) in [5, 5.41) is 0. The van der Waals surface area contributed by atoms with Gasteiger partial charge in [0.25, 0.3) is 0 Å². The second-order valence-corrected chi connectivity index (χ2v) is 7.14. The second kappa shape index (κ2) is 8.01. The Morgan fingerprint density at radius 1 is 1.08 bits per heavy atom. The maximum absolute atomic E-state index is 12.4. The van der Waals surface area contributed by atoms with Crippen LogP contribution in [0.2, 0.25) is 0 Å². The van der Waals surface area contributed by atoms with E-state index in [1.165, 1.54) is 4.90 Å². The van der Waals surface area contributed by atoms with Gasteiger partial charge < -0.3 is 9.64 Å². The molecule has 2 heterocycles. The van der Waals surface area contributed by atoms with Crippen LogP contribution in [0.15, 0.2) is 12.2 Å². The highest BCUT2D eigenvalue weighted by atomic mass is 16.5. The fourth-order valence-electron chi connectivity index (χ4n) is 4.08. The summed E-state index contributed by atoms with van der Waals surface area (Å²) in [6.45, 7) is 3.33. The van der Waals surface area contributed by atoms with Gasteiger partial charge in [-0.3, -0.25) is 24.1 Å². The summed E-state index contributed by atoms with van der Waals surface area (Å²) in [5.74, 6) is -1.18. The van der Waals surface area contributed by atoms with Gasteiger partial charge in [0.15, 0.2) is 0 Å². The number of ether oxygens (including phenoxy) is 1. The van der Waals surface area contributed by atoms with Crippen molar-refractivity contribution in [3.63, 3.8) is 0 Å².